The Kier molecular flexibility index (Phi) is 3.12. The minimum absolute atomic E-state index is 0.325. The predicted molar refractivity (Wildman–Crippen MR) is 52.2 cm³/mol. The van der Waals surface area contributed by atoms with Crippen LogP contribution in [0.2, 0.25) is 5.02 Å². The van der Waals surface area contributed by atoms with Crippen LogP contribution in [0, 0.1) is 23.2 Å². The zero-order chi connectivity index (χ0) is 10.6. The Bertz CT molecular complexity index is 477. The molecule has 1 aromatic carbocycles. The maximum absolute atomic E-state index is 10.4. The average Bonchev–Trinajstić information content (AvgIpc) is 2.15. The van der Waals surface area contributed by atoms with Gasteiger partial charge in [0, 0.05) is 16.5 Å². The summed E-state index contributed by atoms with van der Waals surface area (Å²) < 4.78 is 0. The number of hydrogen-bond acceptors (Lipinski definition) is 2. The standard InChI is InChI=1S/C10H5ClN2O/c11-9-3-1-7(2-4-10(13)14)8(5-9)6-12/h1,3,5H,(H2,13,14). The number of hydrogen-bond donors (Lipinski definition) is 1. The molecule has 0 aromatic heterocycles. The van der Waals surface area contributed by atoms with E-state index in [1.54, 1.807) is 12.1 Å². The highest BCUT2D eigenvalue weighted by Gasteiger charge is 1.99. The first-order valence-electron chi connectivity index (χ1n) is 3.64. The molecular weight excluding hydrogens is 200 g/mol. The topological polar surface area (TPSA) is 66.9 Å². The molecule has 0 radical (unpaired) electrons. The molecule has 4 heteroatoms. The normalized spacial score (nSPS) is 8.29. The Morgan fingerprint density at radius 1 is 1.43 bits per heavy atom. The molecule has 0 unspecified atom stereocenters. The smallest absolute Gasteiger partial charge is 0.293 e. The van der Waals surface area contributed by atoms with E-state index in [1.807, 2.05) is 6.07 Å². The first-order valence-corrected chi connectivity index (χ1v) is 4.02. The molecule has 0 saturated carbocycles. The Hall–Kier alpha value is -1.97. The quantitative estimate of drug-likeness (QED) is 0.642. The summed E-state index contributed by atoms with van der Waals surface area (Å²) in [5.41, 5.74) is 5.61. The van der Waals surface area contributed by atoms with Crippen LogP contribution in [0.1, 0.15) is 11.1 Å². The molecule has 2 N–H and O–H groups in total. The summed E-state index contributed by atoms with van der Waals surface area (Å²) in [6.07, 6.45) is 0. The van der Waals surface area contributed by atoms with Crippen LogP contribution in [0.3, 0.4) is 0 Å². The van der Waals surface area contributed by atoms with E-state index < -0.39 is 5.91 Å². The summed E-state index contributed by atoms with van der Waals surface area (Å²) in [7, 11) is 0. The molecule has 1 aromatic rings. The molecule has 0 spiro atoms. The lowest BCUT2D eigenvalue weighted by molar-refractivity contribution is -0.112. The molecule has 0 aliphatic heterocycles. The van der Waals surface area contributed by atoms with Gasteiger partial charge in [-0.25, -0.2) is 0 Å². The first-order chi connectivity index (χ1) is 6.63. The van der Waals surface area contributed by atoms with Crippen LogP contribution < -0.4 is 5.73 Å². The second kappa shape index (κ2) is 4.32. The van der Waals surface area contributed by atoms with E-state index in [-0.39, 0.29) is 0 Å². The van der Waals surface area contributed by atoms with E-state index in [9.17, 15) is 4.79 Å². The van der Waals surface area contributed by atoms with E-state index >= 15 is 0 Å². The van der Waals surface area contributed by atoms with Crippen molar-refractivity contribution in [1.82, 2.24) is 0 Å². The summed E-state index contributed by atoms with van der Waals surface area (Å²) in [5, 5.41) is 9.17. The van der Waals surface area contributed by atoms with Crippen molar-refractivity contribution in [3.05, 3.63) is 34.3 Å². The Labute approximate surface area is 86.1 Å². The summed E-state index contributed by atoms with van der Waals surface area (Å²) in [6.45, 7) is 0. The molecule has 0 bridgehead atoms. The van der Waals surface area contributed by atoms with Crippen molar-refractivity contribution < 1.29 is 4.79 Å². The first kappa shape index (κ1) is 10.1. The fourth-order valence-electron chi connectivity index (χ4n) is 0.847. The second-order valence-corrected chi connectivity index (χ2v) is 2.85. The van der Waals surface area contributed by atoms with Crippen molar-refractivity contribution in [2.45, 2.75) is 0 Å². The lowest BCUT2D eigenvalue weighted by Crippen LogP contribution is -2.06. The minimum atomic E-state index is -0.733. The minimum Gasteiger partial charge on any atom is -0.359 e. The number of halogens is 1. The third kappa shape index (κ3) is 2.52. The number of benzene rings is 1. The second-order valence-electron chi connectivity index (χ2n) is 2.42. The van der Waals surface area contributed by atoms with Crippen molar-refractivity contribution in [1.29, 1.82) is 5.26 Å². The van der Waals surface area contributed by atoms with E-state index in [4.69, 9.17) is 22.6 Å². The van der Waals surface area contributed by atoms with Gasteiger partial charge in [0.15, 0.2) is 0 Å². The predicted octanol–water partition coefficient (Wildman–Crippen LogP) is 1.05. The number of amides is 1. The Balaban J connectivity index is 3.19. The number of carbonyl (C=O) groups excluding carboxylic acids is 1. The van der Waals surface area contributed by atoms with Crippen LogP contribution in [0.25, 0.3) is 0 Å². The van der Waals surface area contributed by atoms with Crippen molar-refractivity contribution in [2.75, 3.05) is 0 Å². The van der Waals surface area contributed by atoms with Gasteiger partial charge in [-0.05, 0) is 18.2 Å². The molecule has 0 saturated heterocycles. The van der Waals surface area contributed by atoms with Gasteiger partial charge in [-0.3, -0.25) is 4.79 Å². The summed E-state index contributed by atoms with van der Waals surface area (Å²) in [5.74, 6) is 3.90. The molecule has 1 amide bonds. The van der Waals surface area contributed by atoms with E-state index in [0.29, 0.717) is 16.1 Å². The van der Waals surface area contributed by atoms with Gasteiger partial charge < -0.3 is 5.73 Å². The molecule has 14 heavy (non-hydrogen) atoms. The fourth-order valence-corrected chi connectivity index (χ4v) is 1.02. The summed E-state index contributed by atoms with van der Waals surface area (Å²) in [6, 6.07) is 6.56. The van der Waals surface area contributed by atoms with Crippen LogP contribution >= 0.6 is 11.6 Å². The molecule has 1 rings (SSSR count). The molecule has 0 aliphatic rings. The average molecular weight is 205 g/mol. The highest BCUT2D eigenvalue weighted by Crippen LogP contribution is 2.14. The zero-order valence-electron chi connectivity index (χ0n) is 7.04. The number of nitrogens with two attached hydrogens (primary N) is 1. The highest BCUT2D eigenvalue weighted by molar-refractivity contribution is 6.30. The highest BCUT2D eigenvalue weighted by atomic mass is 35.5. The molecule has 0 heterocycles. The molecular formula is C10H5ClN2O. The third-order valence-corrected chi connectivity index (χ3v) is 1.66. The van der Waals surface area contributed by atoms with Crippen molar-refractivity contribution >= 4 is 17.5 Å². The van der Waals surface area contributed by atoms with Crippen LogP contribution in [0.4, 0.5) is 0 Å². The lowest BCUT2D eigenvalue weighted by Gasteiger charge is -1.94. The number of carbonyl (C=O) groups is 1. The van der Waals surface area contributed by atoms with Crippen molar-refractivity contribution in [3.63, 3.8) is 0 Å². The van der Waals surface area contributed by atoms with Gasteiger partial charge in [-0.2, -0.15) is 5.26 Å². The van der Waals surface area contributed by atoms with Crippen molar-refractivity contribution in [3.8, 4) is 17.9 Å². The van der Waals surface area contributed by atoms with E-state index in [1.165, 1.54) is 6.07 Å². The van der Waals surface area contributed by atoms with Crippen LogP contribution in [0.5, 0.6) is 0 Å². The van der Waals surface area contributed by atoms with Gasteiger partial charge in [-0.1, -0.05) is 17.5 Å². The van der Waals surface area contributed by atoms with Gasteiger partial charge >= 0.3 is 0 Å². The van der Waals surface area contributed by atoms with Crippen LogP contribution in [-0.2, 0) is 4.79 Å². The molecule has 68 valence electrons. The number of primary amides is 1. The van der Waals surface area contributed by atoms with Gasteiger partial charge in [0.25, 0.3) is 5.91 Å². The molecule has 3 nitrogen and oxygen atoms in total. The number of nitriles is 1. The summed E-state index contributed by atoms with van der Waals surface area (Å²) >= 11 is 5.67. The third-order valence-electron chi connectivity index (χ3n) is 1.42. The largest absolute Gasteiger partial charge is 0.359 e. The van der Waals surface area contributed by atoms with Crippen molar-refractivity contribution in [2.24, 2.45) is 5.73 Å². The Morgan fingerprint density at radius 3 is 2.71 bits per heavy atom. The molecule has 0 fully saturated rings. The molecule has 0 aliphatic carbocycles. The zero-order valence-corrected chi connectivity index (χ0v) is 7.80. The maximum Gasteiger partial charge on any atom is 0.293 e. The van der Waals surface area contributed by atoms with E-state index in [0.717, 1.165) is 0 Å². The van der Waals surface area contributed by atoms with Crippen LogP contribution in [-0.4, -0.2) is 5.91 Å². The monoisotopic (exact) mass is 204 g/mol. The van der Waals surface area contributed by atoms with Gasteiger partial charge in [-0.15, -0.1) is 0 Å². The number of nitrogens with zero attached hydrogens (tertiary/aromatic N) is 1. The van der Waals surface area contributed by atoms with Gasteiger partial charge in [0.05, 0.1) is 5.56 Å². The van der Waals surface area contributed by atoms with Gasteiger partial charge in [0.1, 0.15) is 6.07 Å². The van der Waals surface area contributed by atoms with E-state index in [2.05, 4.69) is 11.8 Å². The lowest BCUT2D eigenvalue weighted by atomic mass is 10.1. The molecule has 0 atom stereocenters. The van der Waals surface area contributed by atoms with Gasteiger partial charge in [0.2, 0.25) is 0 Å². The van der Waals surface area contributed by atoms with Crippen LogP contribution in [0.15, 0.2) is 18.2 Å². The SMILES string of the molecule is N#Cc1cc(Cl)ccc1C#CC(N)=O. The number of rotatable bonds is 0. The summed E-state index contributed by atoms with van der Waals surface area (Å²) in [4.78, 5) is 10.4. The fraction of sp³-hybridized carbons (Fsp3) is 0. The maximum atomic E-state index is 10.4. The Morgan fingerprint density at radius 2 is 2.14 bits per heavy atom.